The Morgan fingerprint density at radius 2 is 1.91 bits per heavy atom. The molecule has 2 aromatic carbocycles. The van der Waals surface area contributed by atoms with Crippen molar-refractivity contribution in [2.24, 2.45) is 0 Å². The number of hydrogen-bond donors (Lipinski definition) is 2. The van der Waals surface area contributed by atoms with Crippen LogP contribution in [0.15, 0.2) is 48.7 Å². The van der Waals surface area contributed by atoms with Gasteiger partial charge < -0.3 is 15.4 Å². The van der Waals surface area contributed by atoms with Crippen molar-refractivity contribution in [1.82, 2.24) is 14.9 Å². The Kier molecular flexibility index (Phi) is 6.41. The number of aryl methyl sites for hydroxylation is 1. The van der Waals surface area contributed by atoms with Gasteiger partial charge in [-0.05, 0) is 48.1 Å². The highest BCUT2D eigenvalue weighted by Crippen LogP contribution is 2.38. The third kappa shape index (κ3) is 4.53. The molecule has 0 aliphatic carbocycles. The summed E-state index contributed by atoms with van der Waals surface area (Å²) in [6.07, 6.45) is 1.55. The van der Waals surface area contributed by atoms with E-state index in [0.29, 0.717) is 22.4 Å². The SMILES string of the molecule is CCOC(=O)[C@H]1c2cnc(Nc3ccc(C)c(Cl)c3)n2C(=O)N[C@H]1c1ccc(C(C)(C)C)cc1. The second kappa shape index (κ2) is 9.14. The number of esters is 1. The Morgan fingerprint density at radius 3 is 2.53 bits per heavy atom. The summed E-state index contributed by atoms with van der Waals surface area (Å²) in [5.74, 6) is -0.871. The number of rotatable bonds is 5. The van der Waals surface area contributed by atoms with E-state index >= 15 is 0 Å². The second-order valence-electron chi connectivity index (χ2n) is 9.46. The summed E-state index contributed by atoms with van der Waals surface area (Å²) in [5.41, 5.74) is 4.08. The van der Waals surface area contributed by atoms with Crippen molar-refractivity contribution in [3.05, 3.63) is 76.1 Å². The lowest BCUT2D eigenvalue weighted by molar-refractivity contribution is -0.146. The number of carbonyl (C=O) groups is 2. The third-order valence-corrected chi connectivity index (χ3v) is 6.43. The first-order valence-electron chi connectivity index (χ1n) is 11.3. The van der Waals surface area contributed by atoms with Crippen molar-refractivity contribution in [3.63, 3.8) is 0 Å². The molecule has 8 heteroatoms. The Morgan fingerprint density at radius 1 is 1.21 bits per heavy atom. The van der Waals surface area contributed by atoms with Crippen LogP contribution in [0.3, 0.4) is 0 Å². The van der Waals surface area contributed by atoms with Gasteiger partial charge in [0.25, 0.3) is 0 Å². The minimum Gasteiger partial charge on any atom is -0.465 e. The summed E-state index contributed by atoms with van der Waals surface area (Å²) in [5, 5.41) is 6.72. The van der Waals surface area contributed by atoms with Gasteiger partial charge in [-0.15, -0.1) is 0 Å². The van der Waals surface area contributed by atoms with E-state index in [2.05, 4.69) is 36.4 Å². The van der Waals surface area contributed by atoms with Crippen LogP contribution in [0, 0.1) is 6.92 Å². The van der Waals surface area contributed by atoms with Gasteiger partial charge in [-0.3, -0.25) is 4.79 Å². The van der Waals surface area contributed by atoms with Crippen molar-refractivity contribution in [2.75, 3.05) is 11.9 Å². The molecule has 1 aromatic heterocycles. The third-order valence-electron chi connectivity index (χ3n) is 6.03. The summed E-state index contributed by atoms with van der Waals surface area (Å²) in [6.45, 7) is 10.3. The molecule has 3 aromatic rings. The molecular formula is C26H29ClN4O3. The van der Waals surface area contributed by atoms with Gasteiger partial charge in [-0.25, -0.2) is 14.3 Å². The molecule has 34 heavy (non-hydrogen) atoms. The molecule has 2 N–H and O–H groups in total. The normalized spacial score (nSPS) is 17.6. The molecule has 2 atom stereocenters. The molecule has 0 radical (unpaired) electrons. The number of amides is 1. The predicted molar refractivity (Wildman–Crippen MR) is 133 cm³/mol. The van der Waals surface area contributed by atoms with Gasteiger partial charge in [0.1, 0.15) is 5.92 Å². The van der Waals surface area contributed by atoms with Crippen LogP contribution in [0.4, 0.5) is 16.4 Å². The molecule has 178 valence electrons. The van der Waals surface area contributed by atoms with E-state index in [4.69, 9.17) is 16.3 Å². The second-order valence-corrected chi connectivity index (χ2v) is 9.87. The number of nitrogens with one attached hydrogen (secondary N) is 2. The lowest BCUT2D eigenvalue weighted by Gasteiger charge is -2.32. The van der Waals surface area contributed by atoms with Crippen LogP contribution in [0.5, 0.6) is 0 Å². The molecule has 0 fully saturated rings. The maximum atomic E-state index is 13.2. The van der Waals surface area contributed by atoms with E-state index in [1.165, 1.54) is 10.1 Å². The quantitative estimate of drug-likeness (QED) is 0.448. The minimum absolute atomic E-state index is 0.00699. The van der Waals surface area contributed by atoms with Crippen LogP contribution >= 0.6 is 11.6 Å². The number of fused-ring (bicyclic) bond motifs is 1. The van der Waals surface area contributed by atoms with E-state index in [9.17, 15) is 9.59 Å². The summed E-state index contributed by atoms with van der Waals surface area (Å²) in [6, 6.07) is 12.5. The predicted octanol–water partition coefficient (Wildman–Crippen LogP) is 5.85. The average molecular weight is 481 g/mol. The van der Waals surface area contributed by atoms with E-state index < -0.39 is 17.9 Å². The molecule has 0 unspecified atom stereocenters. The van der Waals surface area contributed by atoms with Crippen molar-refractivity contribution < 1.29 is 14.3 Å². The van der Waals surface area contributed by atoms with E-state index in [1.54, 1.807) is 19.2 Å². The number of imidazole rings is 1. The van der Waals surface area contributed by atoms with Crippen molar-refractivity contribution >= 4 is 35.2 Å². The largest absolute Gasteiger partial charge is 0.465 e. The maximum Gasteiger partial charge on any atom is 0.329 e. The van der Waals surface area contributed by atoms with Crippen molar-refractivity contribution in [1.29, 1.82) is 0 Å². The van der Waals surface area contributed by atoms with Gasteiger partial charge in [0.05, 0.1) is 24.5 Å². The number of benzene rings is 2. The van der Waals surface area contributed by atoms with Gasteiger partial charge in [-0.1, -0.05) is 62.7 Å². The number of nitrogens with zero attached hydrogens (tertiary/aromatic N) is 2. The Labute approximate surface area is 204 Å². The first-order valence-corrected chi connectivity index (χ1v) is 11.7. The van der Waals surface area contributed by atoms with E-state index in [-0.39, 0.29) is 18.1 Å². The first kappa shape index (κ1) is 23.8. The molecule has 1 aliphatic heterocycles. The molecule has 4 rings (SSSR count). The molecule has 2 heterocycles. The summed E-state index contributed by atoms with van der Waals surface area (Å²) < 4.78 is 6.77. The van der Waals surface area contributed by atoms with Gasteiger partial charge in [0.2, 0.25) is 5.95 Å². The zero-order valence-electron chi connectivity index (χ0n) is 20.0. The van der Waals surface area contributed by atoms with Crippen LogP contribution in [0.2, 0.25) is 5.02 Å². The smallest absolute Gasteiger partial charge is 0.329 e. The number of aromatic nitrogens is 2. The van der Waals surface area contributed by atoms with Gasteiger partial charge >= 0.3 is 12.0 Å². The summed E-state index contributed by atoms with van der Waals surface area (Å²) >= 11 is 6.24. The van der Waals surface area contributed by atoms with Crippen molar-refractivity contribution in [3.8, 4) is 0 Å². The molecule has 1 amide bonds. The minimum atomic E-state index is -0.747. The lowest BCUT2D eigenvalue weighted by Crippen LogP contribution is -2.45. The van der Waals surface area contributed by atoms with Crippen LogP contribution in [0.1, 0.15) is 62.0 Å². The Balaban J connectivity index is 1.73. The van der Waals surface area contributed by atoms with E-state index in [0.717, 1.165) is 11.1 Å². The molecule has 0 saturated heterocycles. The number of anilines is 2. The van der Waals surface area contributed by atoms with Crippen LogP contribution in [0.25, 0.3) is 0 Å². The fourth-order valence-electron chi connectivity index (χ4n) is 4.09. The molecule has 7 nitrogen and oxygen atoms in total. The standard InChI is InChI=1S/C26H29ClN4O3/c1-6-34-23(32)21-20-14-28-24(29-18-12-7-15(2)19(27)13-18)31(20)25(33)30-22(21)16-8-10-17(11-9-16)26(3,4)5/h7-14,21-22H,6H2,1-5H3,(H,28,29)(H,30,33)/t21-,22-/m0/s1. The highest BCUT2D eigenvalue weighted by molar-refractivity contribution is 6.31. The maximum absolute atomic E-state index is 13.2. The molecular weight excluding hydrogens is 452 g/mol. The summed E-state index contributed by atoms with van der Waals surface area (Å²) in [4.78, 5) is 30.7. The number of hydrogen-bond acceptors (Lipinski definition) is 5. The molecule has 0 bridgehead atoms. The highest BCUT2D eigenvalue weighted by Gasteiger charge is 2.42. The Hall–Kier alpha value is -3.32. The molecule has 0 saturated carbocycles. The summed E-state index contributed by atoms with van der Waals surface area (Å²) in [7, 11) is 0. The van der Waals surface area contributed by atoms with E-state index in [1.807, 2.05) is 43.3 Å². The fourth-order valence-corrected chi connectivity index (χ4v) is 4.27. The van der Waals surface area contributed by atoms with Crippen LogP contribution in [-0.4, -0.2) is 28.2 Å². The first-order chi connectivity index (χ1) is 16.1. The molecule has 0 spiro atoms. The Bertz CT molecular complexity index is 1230. The zero-order valence-corrected chi connectivity index (χ0v) is 20.7. The monoisotopic (exact) mass is 480 g/mol. The zero-order chi connectivity index (χ0) is 24.6. The molecule has 1 aliphatic rings. The van der Waals surface area contributed by atoms with Crippen molar-refractivity contribution in [2.45, 2.75) is 52.0 Å². The van der Waals surface area contributed by atoms with Crippen LogP contribution in [-0.2, 0) is 14.9 Å². The van der Waals surface area contributed by atoms with Gasteiger partial charge in [0.15, 0.2) is 0 Å². The lowest BCUT2D eigenvalue weighted by atomic mass is 9.84. The number of carbonyl (C=O) groups excluding carboxylic acids is 2. The topological polar surface area (TPSA) is 85.2 Å². The van der Waals surface area contributed by atoms with Gasteiger partial charge in [0, 0.05) is 10.7 Å². The average Bonchev–Trinajstić information content (AvgIpc) is 3.20. The fraction of sp³-hybridized carbons (Fsp3) is 0.346. The number of ether oxygens (including phenoxy) is 1. The van der Waals surface area contributed by atoms with Crippen LogP contribution < -0.4 is 10.6 Å². The number of halogens is 1. The highest BCUT2D eigenvalue weighted by atomic mass is 35.5. The van der Waals surface area contributed by atoms with Gasteiger partial charge in [-0.2, -0.15) is 0 Å².